The van der Waals surface area contributed by atoms with Crippen molar-refractivity contribution in [2.24, 2.45) is 0 Å². The summed E-state index contributed by atoms with van der Waals surface area (Å²) in [4.78, 5) is 5.37. The molecule has 0 aromatic heterocycles. The SMILES string of the molecule is Cc1ccc(N2C3SC(c4ccccc4)=C(c4ccccc4)C2SC(c2ccccc2)=C3c2ccccc2)cc1. The lowest BCUT2D eigenvalue weighted by Gasteiger charge is -2.50. The molecule has 1 nitrogen and oxygen atoms in total. The van der Waals surface area contributed by atoms with E-state index < -0.39 is 0 Å². The highest BCUT2D eigenvalue weighted by Crippen LogP contribution is 2.60. The minimum absolute atomic E-state index is 0.106. The molecule has 0 fully saturated rings. The van der Waals surface area contributed by atoms with Crippen LogP contribution in [0.3, 0.4) is 0 Å². The van der Waals surface area contributed by atoms with E-state index in [1.165, 1.54) is 54.5 Å². The molecular weight excluding hydrogens is 523 g/mol. The number of aryl methyl sites for hydroxylation is 1. The van der Waals surface area contributed by atoms with Gasteiger partial charge in [-0.05, 0) is 41.3 Å². The Morgan fingerprint density at radius 2 is 0.775 bits per heavy atom. The summed E-state index contributed by atoms with van der Waals surface area (Å²) in [6.45, 7) is 2.16. The van der Waals surface area contributed by atoms with Crippen LogP contribution in [0.15, 0.2) is 146 Å². The van der Waals surface area contributed by atoms with Crippen LogP contribution in [0.4, 0.5) is 5.69 Å². The van der Waals surface area contributed by atoms with Crippen LogP contribution >= 0.6 is 23.5 Å². The monoisotopic (exact) mass is 551 g/mol. The molecule has 3 heteroatoms. The van der Waals surface area contributed by atoms with E-state index >= 15 is 0 Å². The minimum atomic E-state index is 0.106. The van der Waals surface area contributed by atoms with Gasteiger partial charge in [0, 0.05) is 26.6 Å². The number of fused-ring (bicyclic) bond motifs is 2. The van der Waals surface area contributed by atoms with Crippen molar-refractivity contribution in [1.82, 2.24) is 0 Å². The molecule has 0 saturated carbocycles. The first-order valence-corrected chi connectivity index (χ1v) is 15.4. The Labute approximate surface area is 245 Å². The summed E-state index contributed by atoms with van der Waals surface area (Å²) < 4.78 is 0. The molecule has 5 aromatic carbocycles. The smallest absolute Gasteiger partial charge is 0.108 e. The summed E-state index contributed by atoms with van der Waals surface area (Å²) in [5, 5.41) is 0.212. The van der Waals surface area contributed by atoms with Crippen LogP contribution in [0.2, 0.25) is 0 Å². The summed E-state index contributed by atoms with van der Waals surface area (Å²) in [6.07, 6.45) is 0. The maximum atomic E-state index is 2.65. The van der Waals surface area contributed by atoms with Gasteiger partial charge in [-0.3, -0.25) is 0 Å². The average Bonchev–Trinajstić information content (AvgIpc) is 3.02. The van der Waals surface area contributed by atoms with Gasteiger partial charge >= 0.3 is 0 Å². The summed E-state index contributed by atoms with van der Waals surface area (Å²) in [7, 11) is 0. The van der Waals surface area contributed by atoms with Gasteiger partial charge in [0.25, 0.3) is 0 Å². The van der Waals surface area contributed by atoms with Gasteiger partial charge in [-0.15, -0.1) is 0 Å². The molecule has 194 valence electrons. The third-order valence-electron chi connectivity index (χ3n) is 7.52. The lowest BCUT2D eigenvalue weighted by Crippen LogP contribution is -2.47. The van der Waals surface area contributed by atoms with Crippen LogP contribution in [0.25, 0.3) is 21.0 Å². The third-order valence-corrected chi connectivity index (χ3v) is 10.3. The molecule has 2 bridgehead atoms. The zero-order valence-electron chi connectivity index (χ0n) is 22.3. The molecule has 0 N–H and O–H groups in total. The predicted molar refractivity (Wildman–Crippen MR) is 176 cm³/mol. The number of benzene rings is 5. The number of anilines is 1. The Bertz CT molecular complexity index is 1570. The molecule has 40 heavy (non-hydrogen) atoms. The Kier molecular flexibility index (Phi) is 6.85. The van der Waals surface area contributed by atoms with Crippen LogP contribution in [-0.2, 0) is 0 Å². The van der Waals surface area contributed by atoms with E-state index in [0.717, 1.165) is 0 Å². The summed E-state index contributed by atoms with van der Waals surface area (Å²) in [6, 6.07) is 52.9. The van der Waals surface area contributed by atoms with E-state index in [9.17, 15) is 0 Å². The Morgan fingerprint density at radius 3 is 1.15 bits per heavy atom. The van der Waals surface area contributed by atoms with E-state index in [2.05, 4.69) is 157 Å². The van der Waals surface area contributed by atoms with Gasteiger partial charge in [-0.1, -0.05) is 163 Å². The van der Waals surface area contributed by atoms with Gasteiger partial charge in [0.1, 0.15) is 10.7 Å². The molecule has 2 atom stereocenters. The molecular formula is C37H29NS2. The van der Waals surface area contributed by atoms with Gasteiger partial charge in [0.15, 0.2) is 0 Å². The Balaban J connectivity index is 1.53. The molecule has 2 aliphatic rings. The van der Waals surface area contributed by atoms with Crippen molar-refractivity contribution in [3.05, 3.63) is 173 Å². The van der Waals surface area contributed by atoms with Crippen LogP contribution in [0.1, 0.15) is 27.8 Å². The van der Waals surface area contributed by atoms with Crippen LogP contribution < -0.4 is 4.90 Å². The van der Waals surface area contributed by atoms with E-state index in [4.69, 9.17) is 0 Å². The fraction of sp³-hybridized carbons (Fsp3) is 0.0811. The number of thioether (sulfide) groups is 2. The second-order valence-electron chi connectivity index (χ2n) is 10.1. The minimum Gasteiger partial charge on any atom is -0.338 e. The van der Waals surface area contributed by atoms with Crippen molar-refractivity contribution < 1.29 is 0 Å². The van der Waals surface area contributed by atoms with Crippen molar-refractivity contribution in [2.45, 2.75) is 17.7 Å². The van der Waals surface area contributed by atoms with Gasteiger partial charge in [-0.2, -0.15) is 0 Å². The normalized spacial score (nSPS) is 18.7. The Hall–Kier alpha value is -3.92. The fourth-order valence-electron chi connectivity index (χ4n) is 5.60. The molecule has 0 saturated heterocycles. The van der Waals surface area contributed by atoms with Crippen molar-refractivity contribution in [3.8, 4) is 0 Å². The predicted octanol–water partition coefficient (Wildman–Crippen LogP) is 10.1. The molecule has 7 rings (SSSR count). The first-order valence-electron chi connectivity index (χ1n) is 13.7. The highest BCUT2D eigenvalue weighted by molar-refractivity contribution is 8.12. The number of hydrogen-bond donors (Lipinski definition) is 0. The highest BCUT2D eigenvalue weighted by Gasteiger charge is 2.45. The van der Waals surface area contributed by atoms with E-state index in [1.807, 2.05) is 23.5 Å². The summed E-state index contributed by atoms with van der Waals surface area (Å²) >= 11 is 3.97. The maximum absolute atomic E-state index is 2.65. The van der Waals surface area contributed by atoms with Crippen molar-refractivity contribution in [1.29, 1.82) is 0 Å². The van der Waals surface area contributed by atoms with Gasteiger partial charge in [0.2, 0.25) is 0 Å². The number of nitrogens with zero attached hydrogens (tertiary/aromatic N) is 1. The van der Waals surface area contributed by atoms with E-state index in [0.29, 0.717) is 0 Å². The highest BCUT2D eigenvalue weighted by atomic mass is 32.2. The molecule has 2 aliphatic heterocycles. The zero-order chi connectivity index (χ0) is 26.9. The quantitative estimate of drug-likeness (QED) is 0.214. The third kappa shape index (κ3) is 4.60. The van der Waals surface area contributed by atoms with E-state index in [1.54, 1.807) is 0 Å². The first kappa shape index (κ1) is 25.1. The molecule has 0 radical (unpaired) electrons. The van der Waals surface area contributed by atoms with Gasteiger partial charge < -0.3 is 4.90 Å². The summed E-state index contributed by atoms with van der Waals surface area (Å²) in [5.41, 5.74) is 10.4. The lowest BCUT2D eigenvalue weighted by atomic mass is 9.97. The van der Waals surface area contributed by atoms with Crippen LogP contribution in [-0.4, -0.2) is 10.7 Å². The van der Waals surface area contributed by atoms with Gasteiger partial charge in [-0.25, -0.2) is 0 Å². The second-order valence-corrected chi connectivity index (χ2v) is 12.3. The molecule has 5 aromatic rings. The van der Waals surface area contributed by atoms with E-state index in [-0.39, 0.29) is 10.7 Å². The summed E-state index contributed by atoms with van der Waals surface area (Å²) in [5.74, 6) is 0. The molecule has 0 spiro atoms. The topological polar surface area (TPSA) is 3.24 Å². The molecule has 2 heterocycles. The van der Waals surface area contributed by atoms with Crippen molar-refractivity contribution in [3.63, 3.8) is 0 Å². The average molecular weight is 552 g/mol. The number of rotatable bonds is 5. The van der Waals surface area contributed by atoms with Gasteiger partial charge in [0.05, 0.1) is 0 Å². The van der Waals surface area contributed by atoms with Crippen LogP contribution in [0, 0.1) is 6.92 Å². The molecule has 2 unspecified atom stereocenters. The zero-order valence-corrected chi connectivity index (χ0v) is 23.9. The molecule has 0 aliphatic carbocycles. The fourth-order valence-corrected chi connectivity index (χ4v) is 8.99. The number of hydrogen-bond acceptors (Lipinski definition) is 3. The first-order chi connectivity index (χ1) is 19.8. The van der Waals surface area contributed by atoms with Crippen molar-refractivity contribution in [2.75, 3.05) is 4.90 Å². The molecule has 0 amide bonds. The van der Waals surface area contributed by atoms with Crippen molar-refractivity contribution >= 4 is 50.2 Å². The van der Waals surface area contributed by atoms with Crippen LogP contribution in [0.5, 0.6) is 0 Å². The Morgan fingerprint density at radius 1 is 0.425 bits per heavy atom. The standard InChI is InChI=1S/C37H29NS2/c1-26-22-24-31(25-23-26)38-36-32(27-14-6-2-7-15-27)34(29-18-10-4-11-19-29)39-37(38)33(28-16-8-3-9-17-28)35(40-36)30-20-12-5-13-21-30/h2-25,36-37H,1H3. The maximum Gasteiger partial charge on any atom is 0.108 e. The lowest BCUT2D eigenvalue weighted by molar-refractivity contribution is 0.885. The second kappa shape index (κ2) is 10.9. The largest absolute Gasteiger partial charge is 0.338 e.